The minimum absolute atomic E-state index is 0.219. The standard InChI is InChI=1S/C12H16O/c1-8-6-10-4-3-5-12(13)11(10)7-9(8)2/h6-7,12-13H,3-5H2,1-2H3. The van der Waals surface area contributed by atoms with Crippen molar-refractivity contribution in [3.63, 3.8) is 0 Å². The highest BCUT2D eigenvalue weighted by atomic mass is 16.3. The van der Waals surface area contributed by atoms with Gasteiger partial charge in [0.15, 0.2) is 0 Å². The van der Waals surface area contributed by atoms with E-state index in [-0.39, 0.29) is 6.10 Å². The van der Waals surface area contributed by atoms with E-state index in [4.69, 9.17) is 0 Å². The van der Waals surface area contributed by atoms with Gasteiger partial charge in [0.2, 0.25) is 0 Å². The van der Waals surface area contributed by atoms with Gasteiger partial charge in [-0.25, -0.2) is 0 Å². The topological polar surface area (TPSA) is 20.2 Å². The summed E-state index contributed by atoms with van der Waals surface area (Å²) in [6.07, 6.45) is 2.96. The average Bonchev–Trinajstić information content (AvgIpc) is 2.09. The summed E-state index contributed by atoms with van der Waals surface area (Å²) in [5.74, 6) is 0. The third-order valence-corrected chi connectivity index (χ3v) is 3.04. The van der Waals surface area contributed by atoms with E-state index in [1.807, 2.05) is 0 Å². The first-order valence-electron chi connectivity index (χ1n) is 4.96. The first-order chi connectivity index (χ1) is 6.18. The molecule has 1 aliphatic carbocycles. The highest BCUT2D eigenvalue weighted by Crippen LogP contribution is 2.31. The van der Waals surface area contributed by atoms with E-state index in [9.17, 15) is 5.11 Å². The Labute approximate surface area is 79.4 Å². The summed E-state index contributed by atoms with van der Waals surface area (Å²) in [6, 6.07) is 4.38. The zero-order valence-corrected chi connectivity index (χ0v) is 8.30. The minimum Gasteiger partial charge on any atom is -0.388 e. The Balaban J connectivity index is 2.52. The molecule has 0 aromatic heterocycles. The van der Waals surface area contributed by atoms with E-state index < -0.39 is 0 Å². The molecule has 0 spiro atoms. The zero-order valence-electron chi connectivity index (χ0n) is 8.30. The quantitative estimate of drug-likeness (QED) is 0.644. The number of hydrogen-bond donors (Lipinski definition) is 1. The molecule has 0 heterocycles. The molecular formula is C12H16O. The molecule has 13 heavy (non-hydrogen) atoms. The molecule has 0 amide bonds. The van der Waals surface area contributed by atoms with Crippen LogP contribution in [0.5, 0.6) is 0 Å². The lowest BCUT2D eigenvalue weighted by atomic mass is 9.87. The first-order valence-corrected chi connectivity index (χ1v) is 4.96. The molecule has 1 aromatic carbocycles. The van der Waals surface area contributed by atoms with Crippen molar-refractivity contribution in [2.24, 2.45) is 0 Å². The molecule has 2 rings (SSSR count). The summed E-state index contributed by atoms with van der Waals surface area (Å²) in [7, 11) is 0. The Morgan fingerprint density at radius 2 is 1.92 bits per heavy atom. The van der Waals surface area contributed by atoms with Crippen LogP contribution in [0.4, 0.5) is 0 Å². The second-order valence-corrected chi connectivity index (χ2v) is 4.04. The molecule has 1 aromatic rings. The van der Waals surface area contributed by atoms with Crippen LogP contribution >= 0.6 is 0 Å². The van der Waals surface area contributed by atoms with E-state index in [1.165, 1.54) is 16.7 Å². The van der Waals surface area contributed by atoms with Gasteiger partial charge in [0.05, 0.1) is 6.10 Å². The van der Waals surface area contributed by atoms with E-state index >= 15 is 0 Å². The van der Waals surface area contributed by atoms with Gasteiger partial charge in [-0.05, 0) is 55.4 Å². The van der Waals surface area contributed by atoms with Crippen molar-refractivity contribution in [1.82, 2.24) is 0 Å². The van der Waals surface area contributed by atoms with Crippen LogP contribution in [0.25, 0.3) is 0 Å². The molecular weight excluding hydrogens is 160 g/mol. The average molecular weight is 176 g/mol. The second kappa shape index (κ2) is 3.15. The van der Waals surface area contributed by atoms with Crippen LogP contribution in [0.3, 0.4) is 0 Å². The fourth-order valence-electron chi connectivity index (χ4n) is 2.07. The Morgan fingerprint density at radius 1 is 1.23 bits per heavy atom. The maximum Gasteiger partial charge on any atom is 0.0792 e. The lowest BCUT2D eigenvalue weighted by Gasteiger charge is -2.22. The molecule has 1 nitrogen and oxygen atoms in total. The van der Waals surface area contributed by atoms with Crippen LogP contribution in [0.2, 0.25) is 0 Å². The molecule has 0 fully saturated rings. The Morgan fingerprint density at radius 3 is 2.69 bits per heavy atom. The van der Waals surface area contributed by atoms with Crippen molar-refractivity contribution >= 4 is 0 Å². The second-order valence-electron chi connectivity index (χ2n) is 4.04. The summed E-state index contributed by atoms with van der Waals surface area (Å²) >= 11 is 0. The Bertz CT molecular complexity index is 328. The predicted molar refractivity (Wildman–Crippen MR) is 53.8 cm³/mol. The first kappa shape index (κ1) is 8.76. The molecule has 0 bridgehead atoms. The van der Waals surface area contributed by atoms with E-state index in [0.717, 1.165) is 24.8 Å². The molecule has 1 unspecified atom stereocenters. The van der Waals surface area contributed by atoms with Crippen LogP contribution in [-0.2, 0) is 6.42 Å². The summed E-state index contributed by atoms with van der Waals surface area (Å²) in [5, 5.41) is 9.78. The van der Waals surface area contributed by atoms with E-state index in [0.29, 0.717) is 0 Å². The van der Waals surface area contributed by atoms with Crippen molar-refractivity contribution in [1.29, 1.82) is 0 Å². The fraction of sp³-hybridized carbons (Fsp3) is 0.500. The van der Waals surface area contributed by atoms with Crippen molar-refractivity contribution in [3.05, 3.63) is 34.4 Å². The normalized spacial score (nSPS) is 21.3. The Kier molecular flexibility index (Phi) is 2.12. The lowest BCUT2D eigenvalue weighted by molar-refractivity contribution is 0.156. The van der Waals surface area contributed by atoms with Gasteiger partial charge in [-0.3, -0.25) is 0 Å². The van der Waals surface area contributed by atoms with Gasteiger partial charge in [-0.15, -0.1) is 0 Å². The molecule has 1 heteroatoms. The summed E-state index contributed by atoms with van der Waals surface area (Å²) in [5.41, 5.74) is 5.14. The fourth-order valence-corrected chi connectivity index (χ4v) is 2.07. The van der Waals surface area contributed by atoms with Gasteiger partial charge in [-0.2, -0.15) is 0 Å². The van der Waals surface area contributed by atoms with Crippen LogP contribution in [0.15, 0.2) is 12.1 Å². The molecule has 1 aliphatic rings. The van der Waals surface area contributed by atoms with Gasteiger partial charge in [0.1, 0.15) is 0 Å². The number of hydrogen-bond acceptors (Lipinski definition) is 1. The van der Waals surface area contributed by atoms with Gasteiger partial charge in [0.25, 0.3) is 0 Å². The highest BCUT2D eigenvalue weighted by Gasteiger charge is 2.18. The zero-order chi connectivity index (χ0) is 9.42. The van der Waals surface area contributed by atoms with E-state index in [2.05, 4.69) is 26.0 Å². The monoisotopic (exact) mass is 176 g/mol. The maximum atomic E-state index is 9.78. The number of aryl methyl sites for hydroxylation is 3. The van der Waals surface area contributed by atoms with Crippen LogP contribution in [0, 0.1) is 13.8 Å². The van der Waals surface area contributed by atoms with Gasteiger partial charge in [0, 0.05) is 0 Å². The molecule has 1 N–H and O–H groups in total. The Hall–Kier alpha value is -0.820. The third kappa shape index (κ3) is 1.49. The van der Waals surface area contributed by atoms with Crippen molar-refractivity contribution in [2.45, 2.75) is 39.2 Å². The van der Waals surface area contributed by atoms with Gasteiger partial charge < -0.3 is 5.11 Å². The largest absolute Gasteiger partial charge is 0.388 e. The molecule has 0 saturated heterocycles. The molecule has 0 aliphatic heterocycles. The van der Waals surface area contributed by atoms with Crippen LogP contribution in [0.1, 0.15) is 41.2 Å². The summed E-state index contributed by atoms with van der Waals surface area (Å²) < 4.78 is 0. The lowest BCUT2D eigenvalue weighted by Crippen LogP contribution is -2.09. The number of benzene rings is 1. The van der Waals surface area contributed by atoms with Crippen molar-refractivity contribution in [3.8, 4) is 0 Å². The summed E-state index contributed by atoms with van der Waals surface area (Å²) in [4.78, 5) is 0. The SMILES string of the molecule is Cc1cc2c(cc1C)C(O)CCC2. The van der Waals surface area contributed by atoms with Crippen molar-refractivity contribution in [2.75, 3.05) is 0 Å². The smallest absolute Gasteiger partial charge is 0.0792 e. The number of fused-ring (bicyclic) bond motifs is 1. The predicted octanol–water partition coefficient (Wildman–Crippen LogP) is 2.67. The molecule has 0 saturated carbocycles. The maximum absolute atomic E-state index is 9.78. The minimum atomic E-state index is -0.219. The molecule has 0 radical (unpaired) electrons. The van der Waals surface area contributed by atoms with Gasteiger partial charge in [-0.1, -0.05) is 12.1 Å². The van der Waals surface area contributed by atoms with Crippen LogP contribution < -0.4 is 0 Å². The summed E-state index contributed by atoms with van der Waals surface area (Å²) in [6.45, 7) is 4.24. The van der Waals surface area contributed by atoms with E-state index in [1.54, 1.807) is 0 Å². The highest BCUT2D eigenvalue weighted by molar-refractivity contribution is 5.39. The number of rotatable bonds is 0. The molecule has 1 atom stereocenters. The number of aliphatic hydroxyl groups excluding tert-OH is 1. The molecule has 70 valence electrons. The number of aliphatic hydroxyl groups is 1. The van der Waals surface area contributed by atoms with Crippen LogP contribution in [-0.4, -0.2) is 5.11 Å². The van der Waals surface area contributed by atoms with Crippen molar-refractivity contribution < 1.29 is 5.11 Å². The third-order valence-electron chi connectivity index (χ3n) is 3.04. The van der Waals surface area contributed by atoms with Gasteiger partial charge >= 0.3 is 0 Å².